The Morgan fingerprint density at radius 3 is 2.20 bits per heavy atom. The topological polar surface area (TPSA) is 67.9 Å². The molecule has 1 N–H and O–H groups in total. The minimum absolute atomic E-state index is 0.141. The van der Waals surface area contributed by atoms with E-state index < -0.39 is 6.04 Å². The van der Waals surface area contributed by atoms with Crippen molar-refractivity contribution in [3.05, 3.63) is 95.8 Å². The second-order valence-electron chi connectivity index (χ2n) is 8.11. The van der Waals surface area contributed by atoms with Crippen LogP contribution in [0.4, 0.5) is 4.39 Å². The number of nitrogens with zero attached hydrogens (tertiary/aromatic N) is 1. The number of rotatable bonds is 12. The zero-order valence-corrected chi connectivity index (χ0v) is 20.1. The number of carbonyl (C=O) groups is 2. The highest BCUT2D eigenvalue weighted by Gasteiger charge is 2.30. The van der Waals surface area contributed by atoms with Crippen LogP contribution >= 0.6 is 0 Å². The lowest BCUT2D eigenvalue weighted by Gasteiger charge is -2.31. The fourth-order valence-electron chi connectivity index (χ4n) is 3.61. The summed E-state index contributed by atoms with van der Waals surface area (Å²) in [6.07, 6.45) is 1.11. The van der Waals surface area contributed by atoms with Crippen LogP contribution < -0.4 is 14.8 Å². The van der Waals surface area contributed by atoms with Crippen molar-refractivity contribution < 1.29 is 23.5 Å². The van der Waals surface area contributed by atoms with E-state index in [4.69, 9.17) is 9.47 Å². The molecule has 0 saturated heterocycles. The van der Waals surface area contributed by atoms with Gasteiger partial charge in [-0.05, 0) is 53.9 Å². The fraction of sp³-hybridized carbons (Fsp3) is 0.286. The number of methoxy groups -OCH3 is 1. The normalized spacial score (nSPS) is 11.4. The standard InChI is InChI=1S/C28H31FN2O4/c1-3-17-30-28(33)26(18-21-7-5-4-6-8-21)31(19-22-9-11-23(29)12-10-22)27(32)20-35-25-15-13-24(34-2)14-16-25/h4-16,26H,3,17-20H2,1-2H3,(H,30,33). The number of benzene rings is 3. The summed E-state index contributed by atoms with van der Waals surface area (Å²) in [7, 11) is 1.57. The number of amides is 2. The quantitative estimate of drug-likeness (QED) is 0.420. The van der Waals surface area contributed by atoms with Crippen molar-refractivity contribution in [3.63, 3.8) is 0 Å². The van der Waals surface area contributed by atoms with Gasteiger partial charge in [0.1, 0.15) is 23.4 Å². The van der Waals surface area contributed by atoms with E-state index in [0.29, 0.717) is 30.0 Å². The molecule has 3 aromatic rings. The zero-order chi connectivity index (χ0) is 25.0. The van der Waals surface area contributed by atoms with Gasteiger partial charge in [-0.25, -0.2) is 4.39 Å². The summed E-state index contributed by atoms with van der Waals surface area (Å²) in [5, 5.41) is 2.92. The van der Waals surface area contributed by atoms with E-state index >= 15 is 0 Å². The average molecular weight is 479 g/mol. The van der Waals surface area contributed by atoms with Gasteiger partial charge in [-0.3, -0.25) is 9.59 Å². The summed E-state index contributed by atoms with van der Waals surface area (Å²) < 4.78 is 24.4. The maximum Gasteiger partial charge on any atom is 0.261 e. The average Bonchev–Trinajstić information content (AvgIpc) is 2.89. The molecule has 0 aliphatic heterocycles. The number of hydrogen-bond donors (Lipinski definition) is 1. The first-order chi connectivity index (χ1) is 17.0. The molecule has 35 heavy (non-hydrogen) atoms. The molecule has 0 aliphatic rings. The molecule has 0 fully saturated rings. The van der Waals surface area contributed by atoms with Gasteiger partial charge in [-0.15, -0.1) is 0 Å². The molecule has 1 atom stereocenters. The molecule has 7 heteroatoms. The maximum atomic E-state index is 13.5. The Morgan fingerprint density at radius 1 is 0.914 bits per heavy atom. The van der Waals surface area contributed by atoms with Crippen LogP contribution in [0.25, 0.3) is 0 Å². The Labute approximate surface area is 205 Å². The van der Waals surface area contributed by atoms with Gasteiger partial charge in [-0.2, -0.15) is 0 Å². The van der Waals surface area contributed by atoms with Crippen molar-refractivity contribution in [2.75, 3.05) is 20.3 Å². The van der Waals surface area contributed by atoms with Crippen molar-refractivity contribution >= 4 is 11.8 Å². The Kier molecular flexibility index (Phi) is 9.66. The van der Waals surface area contributed by atoms with E-state index in [9.17, 15) is 14.0 Å². The van der Waals surface area contributed by atoms with Crippen LogP contribution in [0.2, 0.25) is 0 Å². The monoisotopic (exact) mass is 478 g/mol. The molecule has 6 nitrogen and oxygen atoms in total. The molecule has 184 valence electrons. The first-order valence-electron chi connectivity index (χ1n) is 11.6. The van der Waals surface area contributed by atoms with Gasteiger partial charge in [0.25, 0.3) is 5.91 Å². The first kappa shape index (κ1) is 25.7. The van der Waals surface area contributed by atoms with Crippen LogP contribution in [0.5, 0.6) is 11.5 Å². The Hall–Kier alpha value is -3.87. The van der Waals surface area contributed by atoms with Crippen LogP contribution in [0, 0.1) is 5.82 Å². The van der Waals surface area contributed by atoms with Gasteiger partial charge >= 0.3 is 0 Å². The third kappa shape index (κ3) is 7.84. The first-order valence-corrected chi connectivity index (χ1v) is 11.6. The Bertz CT molecular complexity index is 1070. The van der Waals surface area contributed by atoms with Crippen LogP contribution in [-0.2, 0) is 22.6 Å². The Balaban J connectivity index is 1.86. The van der Waals surface area contributed by atoms with E-state index in [1.165, 1.54) is 17.0 Å². The summed E-state index contributed by atoms with van der Waals surface area (Å²) in [6, 6.07) is 21.6. The summed E-state index contributed by atoms with van der Waals surface area (Å²) in [5.41, 5.74) is 1.64. The number of halogens is 1. The maximum absolute atomic E-state index is 13.5. The molecule has 0 aliphatic carbocycles. The van der Waals surface area contributed by atoms with Crippen LogP contribution in [0.1, 0.15) is 24.5 Å². The van der Waals surface area contributed by atoms with Gasteiger partial charge in [0.2, 0.25) is 5.91 Å². The molecule has 3 aromatic carbocycles. The molecule has 2 amide bonds. The van der Waals surface area contributed by atoms with E-state index in [0.717, 1.165) is 12.0 Å². The third-order valence-corrected chi connectivity index (χ3v) is 5.51. The lowest BCUT2D eigenvalue weighted by molar-refractivity contribution is -0.142. The van der Waals surface area contributed by atoms with Gasteiger partial charge in [-0.1, -0.05) is 49.4 Å². The number of hydrogen-bond acceptors (Lipinski definition) is 4. The largest absolute Gasteiger partial charge is 0.497 e. The van der Waals surface area contributed by atoms with E-state index in [2.05, 4.69) is 5.32 Å². The van der Waals surface area contributed by atoms with Crippen LogP contribution in [-0.4, -0.2) is 43.0 Å². The third-order valence-electron chi connectivity index (χ3n) is 5.51. The number of ether oxygens (including phenoxy) is 2. The number of carbonyl (C=O) groups excluding carboxylic acids is 2. The lowest BCUT2D eigenvalue weighted by atomic mass is 10.0. The van der Waals surface area contributed by atoms with Crippen molar-refractivity contribution in [2.45, 2.75) is 32.4 Å². The van der Waals surface area contributed by atoms with E-state index in [1.54, 1.807) is 43.5 Å². The fourth-order valence-corrected chi connectivity index (χ4v) is 3.61. The molecule has 0 spiro atoms. The van der Waals surface area contributed by atoms with Gasteiger partial charge in [0.15, 0.2) is 6.61 Å². The Morgan fingerprint density at radius 2 is 1.57 bits per heavy atom. The molecule has 0 heterocycles. The van der Waals surface area contributed by atoms with E-state index in [1.807, 2.05) is 37.3 Å². The summed E-state index contributed by atoms with van der Waals surface area (Å²) in [5.74, 6) is 0.234. The molecule has 0 aromatic heterocycles. The highest BCUT2D eigenvalue weighted by molar-refractivity contribution is 5.88. The summed E-state index contributed by atoms with van der Waals surface area (Å²) in [4.78, 5) is 28.2. The van der Waals surface area contributed by atoms with Crippen molar-refractivity contribution in [3.8, 4) is 11.5 Å². The summed E-state index contributed by atoms with van der Waals surface area (Å²) in [6.45, 7) is 2.36. The van der Waals surface area contributed by atoms with Gasteiger partial charge < -0.3 is 19.7 Å². The van der Waals surface area contributed by atoms with Gasteiger partial charge in [0.05, 0.1) is 7.11 Å². The molecular weight excluding hydrogens is 447 g/mol. The summed E-state index contributed by atoms with van der Waals surface area (Å²) >= 11 is 0. The van der Waals surface area contributed by atoms with Crippen LogP contribution in [0.3, 0.4) is 0 Å². The SMILES string of the molecule is CCCNC(=O)C(Cc1ccccc1)N(Cc1ccc(F)cc1)C(=O)COc1ccc(OC)cc1. The highest BCUT2D eigenvalue weighted by Crippen LogP contribution is 2.19. The highest BCUT2D eigenvalue weighted by atomic mass is 19.1. The minimum Gasteiger partial charge on any atom is -0.497 e. The minimum atomic E-state index is -0.763. The van der Waals surface area contributed by atoms with Crippen molar-refractivity contribution in [1.82, 2.24) is 10.2 Å². The predicted molar refractivity (Wildman–Crippen MR) is 133 cm³/mol. The molecule has 0 bridgehead atoms. The second-order valence-corrected chi connectivity index (χ2v) is 8.11. The predicted octanol–water partition coefficient (Wildman–Crippen LogP) is 4.38. The smallest absolute Gasteiger partial charge is 0.261 e. The molecular formula is C28H31FN2O4. The van der Waals surface area contributed by atoms with Gasteiger partial charge in [0, 0.05) is 19.5 Å². The molecule has 0 radical (unpaired) electrons. The van der Waals surface area contributed by atoms with Crippen molar-refractivity contribution in [2.24, 2.45) is 0 Å². The van der Waals surface area contributed by atoms with E-state index in [-0.39, 0.29) is 30.8 Å². The zero-order valence-electron chi connectivity index (χ0n) is 20.1. The second kappa shape index (κ2) is 13.1. The molecule has 1 unspecified atom stereocenters. The lowest BCUT2D eigenvalue weighted by Crippen LogP contribution is -2.51. The molecule has 0 saturated carbocycles. The number of nitrogens with one attached hydrogen (secondary N) is 1. The van der Waals surface area contributed by atoms with Crippen LogP contribution in [0.15, 0.2) is 78.9 Å². The van der Waals surface area contributed by atoms with Crippen molar-refractivity contribution in [1.29, 1.82) is 0 Å². The molecule has 3 rings (SSSR count).